The van der Waals surface area contributed by atoms with Crippen molar-refractivity contribution >= 4 is 0 Å². The van der Waals surface area contributed by atoms with Crippen molar-refractivity contribution in [2.45, 2.75) is 45.4 Å². The first-order valence-electron chi connectivity index (χ1n) is 6.97. The zero-order valence-electron chi connectivity index (χ0n) is 11.8. The predicted octanol–water partition coefficient (Wildman–Crippen LogP) is 3.49. The van der Waals surface area contributed by atoms with Crippen LogP contribution in [-0.2, 0) is 6.42 Å². The molecule has 0 amide bonds. The summed E-state index contributed by atoms with van der Waals surface area (Å²) in [7, 11) is 1.74. The average molecular weight is 247 g/mol. The minimum Gasteiger partial charge on any atom is -0.496 e. The number of methoxy groups -OCH3 is 1. The van der Waals surface area contributed by atoms with Gasteiger partial charge < -0.3 is 10.5 Å². The molecule has 2 N–H and O–H groups in total. The second kappa shape index (κ2) is 5.31. The van der Waals surface area contributed by atoms with Crippen molar-refractivity contribution in [2.24, 2.45) is 11.1 Å². The van der Waals surface area contributed by atoms with Crippen LogP contribution in [0.5, 0.6) is 5.75 Å². The summed E-state index contributed by atoms with van der Waals surface area (Å²) >= 11 is 0. The molecule has 1 saturated carbocycles. The number of hydrogen-bond donors (Lipinski definition) is 1. The van der Waals surface area contributed by atoms with Gasteiger partial charge in [-0.1, -0.05) is 32.4 Å². The smallest absolute Gasteiger partial charge is 0.122 e. The molecule has 0 spiro atoms. The van der Waals surface area contributed by atoms with Gasteiger partial charge in [0, 0.05) is 0 Å². The van der Waals surface area contributed by atoms with Gasteiger partial charge in [-0.2, -0.15) is 0 Å². The maximum atomic E-state index is 5.95. The molecule has 2 heteroatoms. The monoisotopic (exact) mass is 247 g/mol. The highest BCUT2D eigenvalue weighted by Gasteiger charge is 2.35. The molecule has 18 heavy (non-hydrogen) atoms. The Hall–Kier alpha value is -1.02. The van der Waals surface area contributed by atoms with Crippen molar-refractivity contribution in [2.75, 3.05) is 13.7 Å². The Morgan fingerprint density at radius 2 is 2.06 bits per heavy atom. The van der Waals surface area contributed by atoms with Crippen LogP contribution in [0.2, 0.25) is 0 Å². The topological polar surface area (TPSA) is 35.2 Å². The van der Waals surface area contributed by atoms with Crippen molar-refractivity contribution < 1.29 is 4.74 Å². The minimum atomic E-state index is 0.378. The number of benzene rings is 1. The van der Waals surface area contributed by atoms with Gasteiger partial charge in [0.2, 0.25) is 0 Å². The van der Waals surface area contributed by atoms with Crippen molar-refractivity contribution in [1.29, 1.82) is 0 Å². The lowest BCUT2D eigenvalue weighted by Crippen LogP contribution is -2.39. The largest absolute Gasteiger partial charge is 0.496 e. The Kier molecular flexibility index (Phi) is 3.96. The van der Waals surface area contributed by atoms with Crippen LogP contribution in [-0.4, -0.2) is 13.7 Å². The summed E-state index contributed by atoms with van der Waals surface area (Å²) in [4.78, 5) is 0. The van der Waals surface area contributed by atoms with Crippen molar-refractivity contribution in [1.82, 2.24) is 0 Å². The van der Waals surface area contributed by atoms with Crippen LogP contribution < -0.4 is 10.5 Å². The number of nitrogens with two attached hydrogens (primary N) is 1. The molecular formula is C16H25NO. The van der Waals surface area contributed by atoms with Crippen LogP contribution in [0.1, 0.15) is 50.2 Å². The summed E-state index contributed by atoms with van der Waals surface area (Å²) in [6, 6.07) is 6.60. The van der Waals surface area contributed by atoms with Crippen LogP contribution in [0.25, 0.3) is 0 Å². The first-order valence-corrected chi connectivity index (χ1v) is 6.97. The molecule has 0 saturated heterocycles. The predicted molar refractivity (Wildman–Crippen MR) is 76.1 cm³/mol. The van der Waals surface area contributed by atoms with Gasteiger partial charge in [0.15, 0.2) is 0 Å². The van der Waals surface area contributed by atoms with Crippen molar-refractivity contribution in [3.05, 3.63) is 29.3 Å². The Balaban J connectivity index is 2.21. The van der Waals surface area contributed by atoms with Crippen LogP contribution in [0.3, 0.4) is 0 Å². The maximum Gasteiger partial charge on any atom is 0.122 e. The van der Waals surface area contributed by atoms with Crippen molar-refractivity contribution in [3.63, 3.8) is 0 Å². The Morgan fingerprint density at radius 3 is 2.50 bits per heavy atom. The van der Waals surface area contributed by atoms with Gasteiger partial charge in [0.25, 0.3) is 0 Å². The second-order valence-electron chi connectivity index (χ2n) is 5.97. The van der Waals surface area contributed by atoms with Gasteiger partial charge in [0.1, 0.15) is 5.75 Å². The van der Waals surface area contributed by atoms with E-state index < -0.39 is 0 Å². The lowest BCUT2D eigenvalue weighted by molar-refractivity contribution is 0.145. The van der Waals surface area contributed by atoms with E-state index in [0.29, 0.717) is 11.3 Å². The Bertz CT molecular complexity index is 402. The highest BCUT2D eigenvalue weighted by molar-refractivity contribution is 5.39. The lowest BCUT2D eigenvalue weighted by Gasteiger charge is -2.41. The zero-order chi connectivity index (χ0) is 13.2. The number of ether oxygens (including phenoxy) is 1. The highest BCUT2D eigenvalue weighted by Crippen LogP contribution is 2.43. The van der Waals surface area contributed by atoms with Crippen LogP contribution in [0, 0.1) is 5.41 Å². The molecule has 1 aromatic carbocycles. The molecule has 2 rings (SSSR count). The standard InChI is InChI=1S/C16H25NO/c1-12(2)14-9-13(5-6-15(14)18-3)10-16(11-17)7-4-8-16/h5-6,9,12H,4,7-8,10-11,17H2,1-3H3. The molecule has 0 bridgehead atoms. The van der Waals surface area contributed by atoms with E-state index >= 15 is 0 Å². The molecular weight excluding hydrogens is 222 g/mol. The molecule has 1 aliphatic carbocycles. The number of hydrogen-bond acceptors (Lipinski definition) is 2. The summed E-state index contributed by atoms with van der Waals surface area (Å²) in [5, 5.41) is 0. The highest BCUT2D eigenvalue weighted by atomic mass is 16.5. The average Bonchev–Trinajstić information content (AvgIpc) is 2.33. The fraction of sp³-hybridized carbons (Fsp3) is 0.625. The summed E-state index contributed by atoms with van der Waals surface area (Å²) in [6.45, 7) is 5.24. The molecule has 100 valence electrons. The van der Waals surface area contributed by atoms with E-state index in [0.717, 1.165) is 18.7 Å². The molecule has 2 nitrogen and oxygen atoms in total. The van der Waals surface area contributed by atoms with E-state index in [4.69, 9.17) is 10.5 Å². The van der Waals surface area contributed by atoms with Gasteiger partial charge in [-0.05, 0) is 54.3 Å². The fourth-order valence-corrected chi connectivity index (χ4v) is 2.91. The van der Waals surface area contributed by atoms with E-state index in [1.807, 2.05) is 0 Å². The maximum absolute atomic E-state index is 5.95. The quantitative estimate of drug-likeness (QED) is 0.864. The third-order valence-corrected chi connectivity index (χ3v) is 4.34. The SMILES string of the molecule is COc1ccc(CC2(CN)CCC2)cc1C(C)C. The van der Waals surface area contributed by atoms with Gasteiger partial charge in [-0.15, -0.1) is 0 Å². The van der Waals surface area contributed by atoms with E-state index in [1.165, 1.54) is 30.4 Å². The van der Waals surface area contributed by atoms with Crippen LogP contribution in [0.4, 0.5) is 0 Å². The third-order valence-electron chi connectivity index (χ3n) is 4.34. The minimum absolute atomic E-state index is 0.378. The number of rotatable bonds is 5. The van der Waals surface area contributed by atoms with E-state index in [-0.39, 0.29) is 0 Å². The molecule has 1 aliphatic rings. The normalized spacial score (nSPS) is 17.6. The molecule has 0 aliphatic heterocycles. The van der Waals surface area contributed by atoms with E-state index in [2.05, 4.69) is 32.0 Å². The molecule has 0 heterocycles. The second-order valence-corrected chi connectivity index (χ2v) is 5.97. The molecule has 1 aromatic rings. The van der Waals surface area contributed by atoms with Gasteiger partial charge in [0.05, 0.1) is 7.11 Å². The Labute approximate surface area is 111 Å². The first-order chi connectivity index (χ1) is 8.60. The summed E-state index contributed by atoms with van der Waals surface area (Å²) in [6.07, 6.45) is 5.02. The summed E-state index contributed by atoms with van der Waals surface area (Å²) < 4.78 is 5.43. The lowest BCUT2D eigenvalue weighted by atomic mass is 9.65. The first kappa shape index (κ1) is 13.4. The van der Waals surface area contributed by atoms with E-state index in [9.17, 15) is 0 Å². The van der Waals surface area contributed by atoms with Crippen LogP contribution >= 0.6 is 0 Å². The Morgan fingerprint density at radius 1 is 1.33 bits per heavy atom. The molecule has 0 radical (unpaired) electrons. The van der Waals surface area contributed by atoms with Gasteiger partial charge in [-0.25, -0.2) is 0 Å². The van der Waals surface area contributed by atoms with E-state index in [1.54, 1.807) is 7.11 Å². The van der Waals surface area contributed by atoms with Crippen molar-refractivity contribution in [3.8, 4) is 5.75 Å². The van der Waals surface area contributed by atoms with Gasteiger partial charge in [-0.3, -0.25) is 0 Å². The molecule has 0 unspecified atom stereocenters. The fourth-order valence-electron chi connectivity index (χ4n) is 2.91. The summed E-state index contributed by atoms with van der Waals surface area (Å²) in [5.74, 6) is 1.50. The molecule has 1 fully saturated rings. The molecule has 0 atom stereocenters. The summed E-state index contributed by atoms with van der Waals surface area (Å²) in [5.41, 5.74) is 9.04. The third kappa shape index (κ3) is 2.54. The van der Waals surface area contributed by atoms with Gasteiger partial charge >= 0.3 is 0 Å². The van der Waals surface area contributed by atoms with Crippen LogP contribution in [0.15, 0.2) is 18.2 Å². The molecule has 0 aromatic heterocycles. The zero-order valence-corrected chi connectivity index (χ0v) is 11.8.